The summed E-state index contributed by atoms with van der Waals surface area (Å²) in [5, 5.41) is 13.8. The zero-order valence-corrected chi connectivity index (χ0v) is 16.4. The first-order valence-corrected chi connectivity index (χ1v) is 9.70. The van der Waals surface area contributed by atoms with Gasteiger partial charge in [-0.25, -0.2) is 4.79 Å². The van der Waals surface area contributed by atoms with Crippen molar-refractivity contribution in [3.05, 3.63) is 42.5 Å². The van der Waals surface area contributed by atoms with Crippen molar-refractivity contribution >= 4 is 22.8 Å². The van der Waals surface area contributed by atoms with Gasteiger partial charge in [-0.2, -0.15) is 5.10 Å². The van der Waals surface area contributed by atoms with E-state index in [1.165, 1.54) is 0 Å². The van der Waals surface area contributed by atoms with Gasteiger partial charge in [-0.3, -0.25) is 15.3 Å². The lowest BCUT2D eigenvalue weighted by Gasteiger charge is -2.26. The number of H-pyrrole nitrogens is 1. The highest BCUT2D eigenvalue weighted by Gasteiger charge is 2.12. The number of nitrogens with one attached hydrogen (secondary N) is 3. The molecule has 1 aliphatic rings. The number of nitrogens with zero attached hydrogens (tertiary/aromatic N) is 2. The number of fused-ring (bicyclic) bond motifs is 1. The van der Waals surface area contributed by atoms with E-state index in [1.807, 2.05) is 42.5 Å². The van der Waals surface area contributed by atoms with Gasteiger partial charge in [0.2, 0.25) is 0 Å². The van der Waals surface area contributed by atoms with Crippen LogP contribution < -0.4 is 15.4 Å². The van der Waals surface area contributed by atoms with E-state index >= 15 is 0 Å². The number of aromatic amines is 1. The minimum absolute atomic E-state index is 0.258. The van der Waals surface area contributed by atoms with Crippen molar-refractivity contribution in [3.63, 3.8) is 0 Å². The first-order chi connectivity index (χ1) is 14.2. The zero-order valence-electron chi connectivity index (χ0n) is 16.4. The molecule has 3 N–H and O–H groups in total. The summed E-state index contributed by atoms with van der Waals surface area (Å²) in [5.74, 6) is 1.34. The molecule has 152 valence electrons. The van der Waals surface area contributed by atoms with Gasteiger partial charge < -0.3 is 14.8 Å². The maximum Gasteiger partial charge on any atom is 0.320 e. The molecule has 2 amide bonds. The molecule has 4 rings (SSSR count). The third kappa shape index (κ3) is 4.67. The van der Waals surface area contributed by atoms with Crippen LogP contribution in [0.25, 0.3) is 22.0 Å². The average molecular weight is 395 g/mol. The van der Waals surface area contributed by atoms with Gasteiger partial charge in [0, 0.05) is 31.6 Å². The normalized spacial score (nSPS) is 14.7. The summed E-state index contributed by atoms with van der Waals surface area (Å²) in [6.45, 7) is 4.71. The van der Waals surface area contributed by atoms with E-state index in [1.54, 1.807) is 7.11 Å². The Morgan fingerprint density at radius 1 is 1.17 bits per heavy atom. The van der Waals surface area contributed by atoms with Crippen LogP contribution in [0.1, 0.15) is 0 Å². The number of anilines is 1. The average Bonchev–Trinajstić information content (AvgIpc) is 3.16. The fraction of sp³-hybridized carbons (Fsp3) is 0.333. The SMILES string of the molecule is COc1ccc(-c2ccc3c(NC(=O)NCCN4CCOCC4)n[nH]c3c2)cc1. The predicted molar refractivity (Wildman–Crippen MR) is 112 cm³/mol. The highest BCUT2D eigenvalue weighted by atomic mass is 16.5. The number of carbonyl (C=O) groups excluding carboxylic acids is 1. The summed E-state index contributed by atoms with van der Waals surface area (Å²) in [4.78, 5) is 14.5. The lowest BCUT2D eigenvalue weighted by Crippen LogP contribution is -2.42. The topological polar surface area (TPSA) is 91.5 Å². The summed E-state index contributed by atoms with van der Waals surface area (Å²) in [5.41, 5.74) is 3.00. The van der Waals surface area contributed by atoms with E-state index in [0.717, 1.165) is 60.6 Å². The second-order valence-corrected chi connectivity index (χ2v) is 6.90. The molecule has 1 aliphatic heterocycles. The van der Waals surface area contributed by atoms with Crippen molar-refractivity contribution in [2.75, 3.05) is 51.8 Å². The molecule has 29 heavy (non-hydrogen) atoms. The fourth-order valence-electron chi connectivity index (χ4n) is 3.38. The van der Waals surface area contributed by atoms with Crippen molar-refractivity contribution in [1.29, 1.82) is 0 Å². The minimum atomic E-state index is -0.258. The first-order valence-electron chi connectivity index (χ1n) is 9.70. The van der Waals surface area contributed by atoms with Crippen LogP contribution in [0.15, 0.2) is 42.5 Å². The van der Waals surface area contributed by atoms with Crippen LogP contribution in [0.3, 0.4) is 0 Å². The summed E-state index contributed by atoms with van der Waals surface area (Å²) in [6.07, 6.45) is 0. The van der Waals surface area contributed by atoms with E-state index in [4.69, 9.17) is 9.47 Å². The molecule has 0 saturated carbocycles. The van der Waals surface area contributed by atoms with Gasteiger partial charge in [0.1, 0.15) is 5.75 Å². The molecule has 0 bridgehead atoms. The van der Waals surface area contributed by atoms with Crippen LogP contribution in [-0.2, 0) is 4.74 Å². The molecule has 0 aliphatic carbocycles. The molecule has 1 aromatic heterocycles. The van der Waals surface area contributed by atoms with Crippen molar-refractivity contribution in [3.8, 4) is 16.9 Å². The summed E-state index contributed by atoms with van der Waals surface area (Å²) >= 11 is 0. The lowest BCUT2D eigenvalue weighted by molar-refractivity contribution is 0.0388. The maximum absolute atomic E-state index is 12.2. The van der Waals surface area contributed by atoms with E-state index in [9.17, 15) is 4.79 Å². The smallest absolute Gasteiger partial charge is 0.320 e. The minimum Gasteiger partial charge on any atom is -0.497 e. The lowest BCUT2D eigenvalue weighted by atomic mass is 10.0. The second kappa shape index (κ2) is 8.93. The Kier molecular flexibility index (Phi) is 5.92. The van der Waals surface area contributed by atoms with Gasteiger partial charge >= 0.3 is 6.03 Å². The molecule has 0 unspecified atom stereocenters. The van der Waals surface area contributed by atoms with Gasteiger partial charge in [-0.15, -0.1) is 0 Å². The van der Waals surface area contributed by atoms with Gasteiger partial charge in [-0.1, -0.05) is 18.2 Å². The standard InChI is InChI=1S/C21H25N5O3/c1-28-17-5-2-15(3-6-17)16-4-7-18-19(14-16)24-25-20(18)23-21(27)22-8-9-26-10-12-29-13-11-26/h2-7,14H,8-13H2,1H3,(H3,22,23,24,25,27). The van der Waals surface area contributed by atoms with E-state index in [-0.39, 0.29) is 6.03 Å². The third-order valence-electron chi connectivity index (χ3n) is 5.04. The second-order valence-electron chi connectivity index (χ2n) is 6.90. The summed E-state index contributed by atoms with van der Waals surface area (Å²) in [7, 11) is 1.65. The number of hydrogen-bond acceptors (Lipinski definition) is 5. The van der Waals surface area contributed by atoms with Gasteiger partial charge in [0.05, 0.1) is 25.8 Å². The van der Waals surface area contributed by atoms with Gasteiger partial charge in [0.25, 0.3) is 0 Å². The summed E-state index contributed by atoms with van der Waals surface area (Å²) < 4.78 is 10.5. The van der Waals surface area contributed by atoms with Crippen molar-refractivity contribution in [2.45, 2.75) is 0 Å². The molecular weight excluding hydrogens is 370 g/mol. The number of aromatic nitrogens is 2. The maximum atomic E-state index is 12.2. The van der Waals surface area contributed by atoms with Crippen LogP contribution in [-0.4, -0.2) is 67.6 Å². The molecule has 0 radical (unpaired) electrons. The van der Waals surface area contributed by atoms with Gasteiger partial charge in [0.15, 0.2) is 5.82 Å². The molecule has 8 heteroatoms. The largest absolute Gasteiger partial charge is 0.497 e. The number of hydrogen-bond donors (Lipinski definition) is 3. The van der Waals surface area contributed by atoms with Crippen molar-refractivity contribution in [2.24, 2.45) is 0 Å². The Morgan fingerprint density at radius 2 is 1.93 bits per heavy atom. The van der Waals surface area contributed by atoms with Gasteiger partial charge in [-0.05, 0) is 35.4 Å². The molecular formula is C21H25N5O3. The molecule has 0 atom stereocenters. The zero-order chi connectivity index (χ0) is 20.1. The highest BCUT2D eigenvalue weighted by molar-refractivity contribution is 6.00. The first kappa shape index (κ1) is 19.2. The van der Waals surface area contributed by atoms with Crippen LogP contribution >= 0.6 is 0 Å². The van der Waals surface area contributed by atoms with Crippen LogP contribution in [0.5, 0.6) is 5.75 Å². The molecule has 1 fully saturated rings. The number of morpholine rings is 1. The van der Waals surface area contributed by atoms with Crippen molar-refractivity contribution < 1.29 is 14.3 Å². The van der Waals surface area contributed by atoms with E-state index in [2.05, 4.69) is 25.7 Å². The third-order valence-corrected chi connectivity index (χ3v) is 5.04. The number of carbonyl (C=O) groups is 1. The molecule has 1 saturated heterocycles. The molecule has 3 aromatic rings. The fourth-order valence-corrected chi connectivity index (χ4v) is 3.38. The Balaban J connectivity index is 1.37. The summed E-state index contributed by atoms with van der Waals surface area (Å²) in [6, 6.07) is 13.6. The number of methoxy groups -OCH3 is 1. The number of urea groups is 1. The number of rotatable bonds is 6. The molecule has 2 aromatic carbocycles. The number of benzene rings is 2. The van der Waals surface area contributed by atoms with Crippen LogP contribution in [0.4, 0.5) is 10.6 Å². The Bertz CT molecular complexity index is 964. The van der Waals surface area contributed by atoms with Crippen molar-refractivity contribution in [1.82, 2.24) is 20.4 Å². The predicted octanol–water partition coefficient (Wildman–Crippen LogP) is 2.69. The van der Waals surface area contributed by atoms with Crippen LogP contribution in [0, 0.1) is 0 Å². The Morgan fingerprint density at radius 3 is 2.69 bits per heavy atom. The highest BCUT2D eigenvalue weighted by Crippen LogP contribution is 2.28. The quantitative estimate of drug-likeness (QED) is 0.597. The Hall–Kier alpha value is -3.10. The molecule has 8 nitrogen and oxygen atoms in total. The van der Waals surface area contributed by atoms with E-state index < -0.39 is 0 Å². The Labute approximate surface area is 169 Å². The van der Waals surface area contributed by atoms with Crippen LogP contribution in [0.2, 0.25) is 0 Å². The number of ether oxygens (including phenoxy) is 2. The molecule has 0 spiro atoms. The monoisotopic (exact) mass is 395 g/mol. The number of amides is 2. The molecule has 2 heterocycles. The van der Waals surface area contributed by atoms with E-state index in [0.29, 0.717) is 12.4 Å².